The van der Waals surface area contributed by atoms with Gasteiger partial charge in [-0.15, -0.1) is 0 Å². The highest BCUT2D eigenvalue weighted by molar-refractivity contribution is 5.93. The molecule has 2 aromatic rings. The second kappa shape index (κ2) is 12.1. The van der Waals surface area contributed by atoms with Gasteiger partial charge in [-0.3, -0.25) is 9.59 Å². The van der Waals surface area contributed by atoms with Gasteiger partial charge < -0.3 is 25.4 Å². The topological polar surface area (TPSA) is 108 Å². The minimum absolute atomic E-state index is 0.107. The average Bonchev–Trinajstić information content (AvgIpc) is 3.53. The molecule has 0 bridgehead atoms. The first-order valence-electron chi connectivity index (χ1n) is 13.6. The molecule has 212 valence electrons. The van der Waals surface area contributed by atoms with Gasteiger partial charge in [-0.2, -0.15) is 0 Å². The summed E-state index contributed by atoms with van der Waals surface area (Å²) in [5.74, 6) is -0.298. The van der Waals surface area contributed by atoms with Crippen molar-refractivity contribution in [3.8, 4) is 5.75 Å². The van der Waals surface area contributed by atoms with Gasteiger partial charge in [-0.05, 0) is 95.2 Å². The highest BCUT2D eigenvalue weighted by Gasteiger charge is 2.48. The number of nitrogens with one attached hydrogen (secondary N) is 2. The van der Waals surface area contributed by atoms with Crippen LogP contribution < -0.4 is 10.6 Å². The van der Waals surface area contributed by atoms with Crippen LogP contribution in [0.1, 0.15) is 76.3 Å². The van der Waals surface area contributed by atoms with Crippen LogP contribution >= 0.6 is 0 Å². The van der Waals surface area contributed by atoms with Gasteiger partial charge in [0.15, 0.2) is 0 Å². The summed E-state index contributed by atoms with van der Waals surface area (Å²) in [6.45, 7) is 15.1. The maximum Gasteiger partial charge on any atom is 0.408 e. The van der Waals surface area contributed by atoms with Gasteiger partial charge in [0.25, 0.3) is 0 Å². The fraction of sp³-hybridized carbons (Fsp3) is 0.516. The number of ether oxygens (including phenoxy) is 1. The van der Waals surface area contributed by atoms with E-state index < -0.39 is 23.8 Å². The highest BCUT2D eigenvalue weighted by atomic mass is 16.6. The Morgan fingerprint density at radius 3 is 2.15 bits per heavy atom. The first-order valence-corrected chi connectivity index (χ1v) is 13.6. The quantitative estimate of drug-likeness (QED) is 0.420. The maximum absolute atomic E-state index is 14.4. The molecule has 0 aliphatic heterocycles. The monoisotopic (exact) mass is 537 g/mol. The summed E-state index contributed by atoms with van der Waals surface area (Å²) >= 11 is 0. The fourth-order valence-electron chi connectivity index (χ4n) is 4.61. The number of phenolic OH excluding ortho intramolecular Hbond substituents is 1. The normalized spacial score (nSPS) is 18.2. The predicted octanol–water partition coefficient (Wildman–Crippen LogP) is 4.95. The van der Waals surface area contributed by atoms with Crippen LogP contribution in [-0.2, 0) is 20.7 Å². The van der Waals surface area contributed by atoms with E-state index in [1.54, 1.807) is 49.9 Å². The van der Waals surface area contributed by atoms with Crippen molar-refractivity contribution in [1.82, 2.24) is 15.5 Å². The molecule has 8 nitrogen and oxygen atoms in total. The molecular weight excluding hydrogens is 494 g/mol. The van der Waals surface area contributed by atoms with Crippen LogP contribution in [0.3, 0.4) is 0 Å². The number of rotatable bonds is 9. The third-order valence-corrected chi connectivity index (χ3v) is 6.85. The largest absolute Gasteiger partial charge is 0.508 e. The Labute approximate surface area is 232 Å². The van der Waals surface area contributed by atoms with E-state index in [1.165, 1.54) is 0 Å². The zero-order valence-electron chi connectivity index (χ0n) is 24.4. The lowest BCUT2D eigenvalue weighted by molar-refractivity contribution is -0.143. The molecule has 0 heterocycles. The van der Waals surface area contributed by atoms with Crippen LogP contribution in [0.15, 0.2) is 42.5 Å². The molecule has 1 aliphatic rings. The van der Waals surface area contributed by atoms with E-state index in [9.17, 15) is 19.5 Å². The fourth-order valence-corrected chi connectivity index (χ4v) is 4.61. The van der Waals surface area contributed by atoms with Crippen molar-refractivity contribution in [2.24, 2.45) is 5.92 Å². The van der Waals surface area contributed by atoms with Crippen LogP contribution in [0.25, 0.3) is 0 Å². The molecule has 3 N–H and O–H groups in total. The van der Waals surface area contributed by atoms with Gasteiger partial charge in [-0.1, -0.05) is 37.3 Å². The Morgan fingerprint density at radius 1 is 1.03 bits per heavy atom. The summed E-state index contributed by atoms with van der Waals surface area (Å²) in [6.07, 6.45) is 0.222. The van der Waals surface area contributed by atoms with Crippen LogP contribution in [0, 0.1) is 19.8 Å². The number of hydrogen-bond acceptors (Lipinski definition) is 5. The molecule has 0 spiro atoms. The van der Waals surface area contributed by atoms with E-state index >= 15 is 0 Å². The number of phenols is 1. The maximum atomic E-state index is 14.4. The summed E-state index contributed by atoms with van der Waals surface area (Å²) in [5, 5.41) is 15.5. The van der Waals surface area contributed by atoms with E-state index in [-0.39, 0.29) is 42.0 Å². The molecule has 3 amide bonds. The first kappa shape index (κ1) is 30.0. The number of nitrogens with zero attached hydrogens (tertiary/aromatic N) is 1. The minimum atomic E-state index is -0.988. The van der Waals surface area contributed by atoms with Crippen molar-refractivity contribution in [3.63, 3.8) is 0 Å². The lowest BCUT2D eigenvalue weighted by atomic mass is 9.97. The standard InChI is InChI=1S/C31H43N3O5/c1-18(2)32-28(36)27(23-12-9-19(3)20(4)15-23)34(26-16-21(26)5)29(37)25(33-30(38)39-31(6,7)8)17-22-10-13-24(35)14-11-22/h9-15,18,21,25-27,35H,16-17H2,1-8H3,(H,32,36)(H,33,38). The van der Waals surface area contributed by atoms with Crippen molar-refractivity contribution >= 4 is 17.9 Å². The summed E-state index contributed by atoms with van der Waals surface area (Å²) in [7, 11) is 0. The number of carbonyl (C=O) groups excluding carboxylic acids is 3. The Bertz CT molecular complexity index is 1190. The molecule has 0 aromatic heterocycles. The van der Waals surface area contributed by atoms with Crippen molar-refractivity contribution in [3.05, 3.63) is 64.7 Å². The van der Waals surface area contributed by atoms with Crippen LogP contribution in [0.5, 0.6) is 5.75 Å². The lowest BCUT2D eigenvalue weighted by Crippen LogP contribution is -2.55. The minimum Gasteiger partial charge on any atom is -0.508 e. The van der Waals surface area contributed by atoms with Crippen molar-refractivity contribution in [1.29, 1.82) is 0 Å². The molecule has 1 saturated carbocycles. The average molecular weight is 538 g/mol. The number of carbonyl (C=O) groups is 3. The van der Waals surface area contributed by atoms with Gasteiger partial charge in [-0.25, -0.2) is 4.79 Å². The Balaban J connectivity index is 2.06. The molecule has 1 fully saturated rings. The molecule has 4 atom stereocenters. The van der Waals surface area contributed by atoms with Crippen molar-refractivity contribution in [2.75, 3.05) is 0 Å². The van der Waals surface area contributed by atoms with Crippen molar-refractivity contribution in [2.45, 2.75) is 98.0 Å². The summed E-state index contributed by atoms with van der Waals surface area (Å²) in [5.41, 5.74) is 2.85. The number of amides is 3. The summed E-state index contributed by atoms with van der Waals surface area (Å²) < 4.78 is 5.49. The zero-order chi connectivity index (χ0) is 29.1. The second-order valence-electron chi connectivity index (χ2n) is 12.0. The molecule has 0 saturated heterocycles. The predicted molar refractivity (Wildman–Crippen MR) is 151 cm³/mol. The smallest absolute Gasteiger partial charge is 0.408 e. The summed E-state index contributed by atoms with van der Waals surface area (Å²) in [4.78, 5) is 42.7. The van der Waals surface area contributed by atoms with Crippen molar-refractivity contribution < 1.29 is 24.2 Å². The molecule has 39 heavy (non-hydrogen) atoms. The van der Waals surface area contributed by atoms with E-state index in [0.717, 1.165) is 28.7 Å². The number of aryl methyl sites for hydroxylation is 2. The molecule has 3 rings (SSSR count). The molecular formula is C31H43N3O5. The Hall–Kier alpha value is -3.55. The van der Waals surface area contributed by atoms with E-state index in [0.29, 0.717) is 0 Å². The van der Waals surface area contributed by atoms with Crippen LogP contribution in [0.2, 0.25) is 0 Å². The summed E-state index contributed by atoms with van der Waals surface area (Å²) in [6, 6.07) is 10.2. The second-order valence-corrected chi connectivity index (χ2v) is 12.0. The third-order valence-electron chi connectivity index (χ3n) is 6.85. The molecule has 0 radical (unpaired) electrons. The Morgan fingerprint density at radius 2 is 1.64 bits per heavy atom. The molecule has 4 unspecified atom stereocenters. The number of benzene rings is 2. The number of aromatic hydroxyl groups is 1. The molecule has 2 aromatic carbocycles. The van der Waals surface area contributed by atoms with Gasteiger partial charge in [0, 0.05) is 18.5 Å². The first-order chi connectivity index (χ1) is 18.2. The van der Waals surface area contributed by atoms with E-state index in [4.69, 9.17) is 4.74 Å². The number of hydrogen-bond donors (Lipinski definition) is 3. The highest BCUT2D eigenvalue weighted by Crippen LogP contribution is 2.41. The number of alkyl carbamates (subject to hydrolysis) is 1. The van der Waals surface area contributed by atoms with Gasteiger partial charge in [0.2, 0.25) is 11.8 Å². The Kier molecular flexibility index (Phi) is 9.30. The molecule has 1 aliphatic carbocycles. The van der Waals surface area contributed by atoms with E-state index in [1.807, 2.05) is 45.9 Å². The van der Waals surface area contributed by atoms with E-state index in [2.05, 4.69) is 17.6 Å². The third kappa shape index (κ3) is 8.22. The lowest BCUT2D eigenvalue weighted by Gasteiger charge is -2.35. The SMILES string of the molecule is Cc1ccc(C(C(=O)NC(C)C)N(C(=O)C(Cc2ccc(O)cc2)NC(=O)OC(C)(C)C)C2CC2C)cc1C. The van der Waals surface area contributed by atoms with Crippen LogP contribution in [-0.4, -0.2) is 51.6 Å². The van der Waals surface area contributed by atoms with Gasteiger partial charge in [0.05, 0.1) is 0 Å². The molecule has 8 heteroatoms. The van der Waals surface area contributed by atoms with Gasteiger partial charge >= 0.3 is 6.09 Å². The van der Waals surface area contributed by atoms with Gasteiger partial charge in [0.1, 0.15) is 23.4 Å². The van der Waals surface area contributed by atoms with Crippen LogP contribution in [0.4, 0.5) is 4.79 Å². The zero-order valence-corrected chi connectivity index (χ0v) is 24.4.